The molecule has 0 amide bonds. The Labute approximate surface area is 125 Å². The Morgan fingerprint density at radius 2 is 2.14 bits per heavy atom. The number of rotatable bonds is 3. The first-order valence-corrected chi connectivity index (χ1v) is 7.61. The summed E-state index contributed by atoms with van der Waals surface area (Å²) in [5.41, 5.74) is 1.25. The first-order valence-electron chi connectivity index (χ1n) is 7.61. The molecule has 1 heterocycles. The number of hydrogen-bond acceptors (Lipinski definition) is 4. The van der Waals surface area contributed by atoms with Crippen LogP contribution in [0.2, 0.25) is 0 Å². The fourth-order valence-electron chi connectivity index (χ4n) is 4.60. The maximum absolute atomic E-state index is 11.3. The zero-order valence-electron chi connectivity index (χ0n) is 13.1. The molecule has 3 rings (SSSR count). The molecule has 1 aromatic rings. The highest BCUT2D eigenvalue weighted by Crippen LogP contribution is 2.63. The van der Waals surface area contributed by atoms with Crippen LogP contribution in [0.4, 0.5) is 11.5 Å². The number of aryl methyl sites for hydroxylation is 1. The van der Waals surface area contributed by atoms with E-state index < -0.39 is 0 Å². The van der Waals surface area contributed by atoms with E-state index in [4.69, 9.17) is 0 Å². The number of pyridine rings is 1. The number of nitrogens with one attached hydrogen (secondary N) is 1. The van der Waals surface area contributed by atoms with Gasteiger partial charge in [0, 0.05) is 18.3 Å². The summed E-state index contributed by atoms with van der Waals surface area (Å²) >= 11 is 0. The SMILES string of the molecule is Cc1cnc(NC2C3(C)CCC(C3)C2(C)C)c([N+](=O)[O-])c1. The van der Waals surface area contributed by atoms with E-state index >= 15 is 0 Å². The first kappa shape index (κ1) is 14.3. The second kappa shape index (κ2) is 4.42. The minimum absolute atomic E-state index is 0.0807. The van der Waals surface area contributed by atoms with Gasteiger partial charge < -0.3 is 5.32 Å². The standard InChI is InChI=1S/C16H23N3O2/c1-10-7-12(19(20)21)13(17-9-10)18-14-15(2,3)11-5-6-16(14,4)8-11/h7,9,11,14H,5-6,8H2,1-4H3,(H,17,18). The van der Waals surface area contributed by atoms with Crippen molar-refractivity contribution in [1.82, 2.24) is 4.98 Å². The lowest BCUT2D eigenvalue weighted by Crippen LogP contribution is -2.46. The molecular weight excluding hydrogens is 266 g/mol. The average molecular weight is 289 g/mol. The molecular formula is C16H23N3O2. The molecule has 3 atom stereocenters. The fourth-order valence-corrected chi connectivity index (χ4v) is 4.60. The summed E-state index contributed by atoms with van der Waals surface area (Å²) in [4.78, 5) is 15.2. The van der Waals surface area contributed by atoms with Crippen molar-refractivity contribution in [2.75, 3.05) is 5.32 Å². The van der Waals surface area contributed by atoms with Crippen molar-refractivity contribution >= 4 is 11.5 Å². The molecule has 5 heteroatoms. The van der Waals surface area contributed by atoms with Crippen LogP contribution in [-0.2, 0) is 0 Å². The van der Waals surface area contributed by atoms with Gasteiger partial charge in [-0.05, 0) is 48.5 Å². The van der Waals surface area contributed by atoms with Gasteiger partial charge in [-0.3, -0.25) is 10.1 Å². The molecule has 2 aliphatic rings. The Bertz CT molecular complexity index is 594. The van der Waals surface area contributed by atoms with Gasteiger partial charge in [-0.25, -0.2) is 4.98 Å². The maximum atomic E-state index is 11.3. The smallest absolute Gasteiger partial charge is 0.311 e. The van der Waals surface area contributed by atoms with Gasteiger partial charge in [0.05, 0.1) is 4.92 Å². The molecule has 114 valence electrons. The van der Waals surface area contributed by atoms with E-state index in [-0.39, 0.29) is 27.5 Å². The number of nitro groups is 1. The molecule has 0 aliphatic heterocycles. The maximum Gasteiger partial charge on any atom is 0.311 e. The fraction of sp³-hybridized carbons (Fsp3) is 0.688. The van der Waals surface area contributed by atoms with Crippen molar-refractivity contribution in [3.63, 3.8) is 0 Å². The van der Waals surface area contributed by atoms with Gasteiger partial charge in [-0.2, -0.15) is 0 Å². The van der Waals surface area contributed by atoms with Crippen molar-refractivity contribution in [3.8, 4) is 0 Å². The molecule has 1 N–H and O–H groups in total. The number of fused-ring (bicyclic) bond motifs is 2. The van der Waals surface area contributed by atoms with Crippen LogP contribution in [0.25, 0.3) is 0 Å². The summed E-state index contributed by atoms with van der Waals surface area (Å²) in [5, 5.41) is 14.7. The monoisotopic (exact) mass is 289 g/mol. The van der Waals surface area contributed by atoms with Crippen LogP contribution in [0.3, 0.4) is 0 Å². The van der Waals surface area contributed by atoms with E-state index in [2.05, 4.69) is 31.1 Å². The normalized spacial score (nSPS) is 33.1. The van der Waals surface area contributed by atoms with E-state index in [1.807, 2.05) is 6.92 Å². The van der Waals surface area contributed by atoms with Gasteiger partial charge in [0.1, 0.15) is 0 Å². The number of aromatic nitrogens is 1. The Kier molecular flexibility index (Phi) is 3.01. The topological polar surface area (TPSA) is 68.1 Å². The predicted octanol–water partition coefficient (Wildman–Crippen LogP) is 3.92. The van der Waals surface area contributed by atoms with Crippen LogP contribution in [0.1, 0.15) is 45.6 Å². The number of hydrogen-bond donors (Lipinski definition) is 1. The molecule has 2 saturated carbocycles. The molecule has 2 aliphatic carbocycles. The molecule has 2 fully saturated rings. The Hall–Kier alpha value is -1.65. The van der Waals surface area contributed by atoms with Gasteiger partial charge in [0.25, 0.3) is 0 Å². The van der Waals surface area contributed by atoms with Crippen LogP contribution in [0.5, 0.6) is 0 Å². The minimum atomic E-state index is -0.342. The van der Waals surface area contributed by atoms with Crippen molar-refractivity contribution in [3.05, 3.63) is 27.9 Å². The van der Waals surface area contributed by atoms with Crippen molar-refractivity contribution in [2.45, 2.75) is 53.0 Å². The summed E-state index contributed by atoms with van der Waals surface area (Å²) in [6, 6.07) is 1.83. The summed E-state index contributed by atoms with van der Waals surface area (Å²) in [6.07, 6.45) is 5.36. The molecule has 0 aromatic carbocycles. The summed E-state index contributed by atoms with van der Waals surface area (Å²) in [6.45, 7) is 8.69. The number of nitrogens with zero attached hydrogens (tertiary/aromatic N) is 2. The van der Waals surface area contributed by atoms with Crippen molar-refractivity contribution in [2.24, 2.45) is 16.7 Å². The Morgan fingerprint density at radius 1 is 1.43 bits per heavy atom. The molecule has 3 unspecified atom stereocenters. The molecule has 21 heavy (non-hydrogen) atoms. The number of anilines is 1. The van der Waals surface area contributed by atoms with Crippen LogP contribution in [0, 0.1) is 33.8 Å². The van der Waals surface area contributed by atoms with Gasteiger partial charge in [0.2, 0.25) is 5.82 Å². The molecule has 1 aromatic heterocycles. The lowest BCUT2D eigenvalue weighted by atomic mass is 9.68. The molecule has 0 radical (unpaired) electrons. The summed E-state index contributed by atoms with van der Waals surface area (Å²) < 4.78 is 0. The van der Waals surface area contributed by atoms with Crippen LogP contribution >= 0.6 is 0 Å². The van der Waals surface area contributed by atoms with E-state index in [0.29, 0.717) is 11.7 Å². The van der Waals surface area contributed by atoms with E-state index in [1.165, 1.54) is 19.3 Å². The predicted molar refractivity (Wildman–Crippen MR) is 82.3 cm³/mol. The van der Waals surface area contributed by atoms with Crippen LogP contribution in [0.15, 0.2) is 12.3 Å². The highest BCUT2D eigenvalue weighted by Gasteiger charge is 2.59. The van der Waals surface area contributed by atoms with Crippen LogP contribution < -0.4 is 5.32 Å². The first-order chi connectivity index (χ1) is 9.74. The Balaban J connectivity index is 1.96. The lowest BCUT2D eigenvalue weighted by molar-refractivity contribution is -0.384. The highest BCUT2D eigenvalue weighted by molar-refractivity contribution is 5.57. The quantitative estimate of drug-likeness (QED) is 0.676. The van der Waals surface area contributed by atoms with Gasteiger partial charge in [-0.1, -0.05) is 20.8 Å². The molecule has 5 nitrogen and oxygen atoms in total. The lowest BCUT2D eigenvalue weighted by Gasteiger charge is -2.43. The third-order valence-electron chi connectivity index (χ3n) is 5.75. The second-order valence-corrected chi connectivity index (χ2v) is 7.63. The molecule has 0 saturated heterocycles. The van der Waals surface area contributed by atoms with E-state index in [9.17, 15) is 10.1 Å². The third kappa shape index (κ3) is 2.10. The molecule has 0 spiro atoms. The van der Waals surface area contributed by atoms with E-state index in [0.717, 1.165) is 5.56 Å². The third-order valence-corrected chi connectivity index (χ3v) is 5.75. The second-order valence-electron chi connectivity index (χ2n) is 7.63. The minimum Gasteiger partial charge on any atom is -0.361 e. The van der Waals surface area contributed by atoms with Gasteiger partial charge >= 0.3 is 5.69 Å². The highest BCUT2D eigenvalue weighted by atomic mass is 16.6. The summed E-state index contributed by atoms with van der Waals surface area (Å²) in [7, 11) is 0. The largest absolute Gasteiger partial charge is 0.361 e. The van der Waals surface area contributed by atoms with E-state index in [1.54, 1.807) is 12.3 Å². The zero-order valence-corrected chi connectivity index (χ0v) is 13.1. The Morgan fingerprint density at radius 3 is 2.71 bits per heavy atom. The van der Waals surface area contributed by atoms with Gasteiger partial charge in [0.15, 0.2) is 0 Å². The molecule has 2 bridgehead atoms. The summed E-state index contributed by atoms with van der Waals surface area (Å²) in [5.74, 6) is 1.11. The van der Waals surface area contributed by atoms with Crippen LogP contribution in [-0.4, -0.2) is 15.9 Å². The average Bonchev–Trinajstić information content (AvgIpc) is 2.87. The van der Waals surface area contributed by atoms with Crippen molar-refractivity contribution in [1.29, 1.82) is 0 Å². The zero-order chi connectivity index (χ0) is 15.4. The van der Waals surface area contributed by atoms with Gasteiger partial charge in [-0.15, -0.1) is 0 Å². The van der Waals surface area contributed by atoms with Crippen molar-refractivity contribution < 1.29 is 4.92 Å².